The molecule has 2 aromatic rings. The van der Waals surface area contributed by atoms with Gasteiger partial charge in [0.15, 0.2) is 5.82 Å². The molecule has 6 heteroatoms. The summed E-state index contributed by atoms with van der Waals surface area (Å²) in [5.74, 6) is 0.336. The van der Waals surface area contributed by atoms with Gasteiger partial charge < -0.3 is 14.7 Å². The number of halogens is 1. The van der Waals surface area contributed by atoms with Crippen LogP contribution < -0.4 is 10.2 Å². The van der Waals surface area contributed by atoms with Crippen molar-refractivity contribution >= 4 is 6.01 Å². The third kappa shape index (κ3) is 2.90. The molecule has 0 bridgehead atoms. The van der Waals surface area contributed by atoms with Crippen molar-refractivity contribution in [2.75, 3.05) is 31.1 Å². The highest BCUT2D eigenvalue weighted by atomic mass is 19.1. The smallest absolute Gasteiger partial charge is 0.322 e. The normalized spacial score (nSPS) is 15.7. The zero-order valence-corrected chi connectivity index (χ0v) is 10.5. The van der Waals surface area contributed by atoms with E-state index in [0.29, 0.717) is 18.3 Å². The first-order valence-corrected chi connectivity index (χ1v) is 6.34. The van der Waals surface area contributed by atoms with Crippen molar-refractivity contribution in [2.24, 2.45) is 0 Å². The minimum Gasteiger partial charge on any atom is -0.322 e. The topological polar surface area (TPSA) is 54.2 Å². The highest BCUT2D eigenvalue weighted by molar-refractivity contribution is 5.27. The molecule has 0 amide bonds. The van der Waals surface area contributed by atoms with Crippen molar-refractivity contribution in [1.29, 1.82) is 0 Å². The van der Waals surface area contributed by atoms with E-state index in [4.69, 9.17) is 4.52 Å². The van der Waals surface area contributed by atoms with E-state index in [1.54, 1.807) is 6.07 Å². The number of nitrogens with one attached hydrogen (secondary N) is 1. The summed E-state index contributed by atoms with van der Waals surface area (Å²) in [7, 11) is 0. The molecule has 19 heavy (non-hydrogen) atoms. The second-order valence-electron chi connectivity index (χ2n) is 4.54. The molecule has 1 fully saturated rings. The molecule has 0 spiro atoms. The summed E-state index contributed by atoms with van der Waals surface area (Å²) in [6.45, 7) is 3.56. The van der Waals surface area contributed by atoms with E-state index >= 15 is 0 Å². The van der Waals surface area contributed by atoms with Crippen molar-refractivity contribution in [3.63, 3.8) is 0 Å². The lowest BCUT2D eigenvalue weighted by molar-refractivity contribution is 0.399. The Labute approximate surface area is 110 Å². The lowest BCUT2D eigenvalue weighted by Crippen LogP contribution is -2.43. The number of benzene rings is 1. The molecule has 0 atom stereocenters. The van der Waals surface area contributed by atoms with E-state index in [2.05, 4.69) is 20.4 Å². The molecule has 1 aromatic heterocycles. The summed E-state index contributed by atoms with van der Waals surface area (Å²) in [5, 5.41) is 7.21. The summed E-state index contributed by atoms with van der Waals surface area (Å²) >= 11 is 0. The molecule has 1 aliphatic rings. The van der Waals surface area contributed by atoms with Crippen molar-refractivity contribution in [3.8, 4) is 0 Å². The number of hydrogen-bond donors (Lipinski definition) is 1. The average Bonchev–Trinajstić information content (AvgIpc) is 2.88. The minimum absolute atomic E-state index is 0.247. The van der Waals surface area contributed by atoms with Gasteiger partial charge in [-0.15, -0.1) is 0 Å². The summed E-state index contributed by atoms with van der Waals surface area (Å²) < 4.78 is 18.3. The van der Waals surface area contributed by atoms with Crippen molar-refractivity contribution < 1.29 is 8.91 Å². The highest BCUT2D eigenvalue weighted by Crippen LogP contribution is 2.14. The van der Waals surface area contributed by atoms with E-state index < -0.39 is 0 Å². The number of hydrogen-bond acceptors (Lipinski definition) is 5. The van der Waals surface area contributed by atoms with Crippen LogP contribution in [0.15, 0.2) is 28.8 Å². The Morgan fingerprint density at radius 3 is 2.95 bits per heavy atom. The highest BCUT2D eigenvalue weighted by Gasteiger charge is 2.17. The predicted molar refractivity (Wildman–Crippen MR) is 68.6 cm³/mol. The Morgan fingerprint density at radius 2 is 2.16 bits per heavy atom. The van der Waals surface area contributed by atoms with Gasteiger partial charge in [-0.3, -0.25) is 0 Å². The number of rotatable bonds is 3. The molecule has 0 saturated carbocycles. The predicted octanol–water partition coefficient (Wildman–Crippen LogP) is 1.21. The molecule has 1 N–H and O–H groups in total. The number of anilines is 1. The Hall–Kier alpha value is -1.95. The van der Waals surface area contributed by atoms with Crippen molar-refractivity contribution in [3.05, 3.63) is 41.5 Å². The van der Waals surface area contributed by atoms with E-state index in [-0.39, 0.29) is 5.82 Å². The Balaban J connectivity index is 1.70. The zero-order valence-electron chi connectivity index (χ0n) is 10.5. The Kier molecular flexibility index (Phi) is 3.41. The van der Waals surface area contributed by atoms with Crippen molar-refractivity contribution in [2.45, 2.75) is 6.42 Å². The number of piperazine rings is 1. The molecule has 1 aromatic carbocycles. The lowest BCUT2D eigenvalue weighted by atomic mass is 10.1. The van der Waals surface area contributed by atoms with Gasteiger partial charge in [0, 0.05) is 32.6 Å². The van der Waals surface area contributed by atoms with Crippen LogP contribution in [0.3, 0.4) is 0 Å². The molecule has 1 saturated heterocycles. The third-order valence-electron chi connectivity index (χ3n) is 3.10. The first kappa shape index (κ1) is 12.1. The van der Waals surface area contributed by atoms with Gasteiger partial charge in [0.05, 0.1) is 0 Å². The van der Waals surface area contributed by atoms with Crippen LogP contribution in [-0.4, -0.2) is 36.3 Å². The van der Waals surface area contributed by atoms with Crippen LogP contribution in [-0.2, 0) is 6.42 Å². The summed E-state index contributed by atoms with van der Waals surface area (Å²) in [6.07, 6.45) is 0.480. The van der Waals surface area contributed by atoms with Crippen LogP contribution in [0.2, 0.25) is 0 Å². The third-order valence-corrected chi connectivity index (χ3v) is 3.10. The largest absolute Gasteiger partial charge is 0.324 e. The molecule has 0 unspecified atom stereocenters. The molecule has 0 radical (unpaired) electrons. The maximum absolute atomic E-state index is 13.1. The van der Waals surface area contributed by atoms with E-state index in [0.717, 1.165) is 31.7 Å². The van der Waals surface area contributed by atoms with Crippen LogP contribution in [0.5, 0.6) is 0 Å². The monoisotopic (exact) mass is 262 g/mol. The van der Waals surface area contributed by atoms with Gasteiger partial charge in [-0.05, 0) is 17.7 Å². The van der Waals surface area contributed by atoms with Crippen LogP contribution >= 0.6 is 0 Å². The lowest BCUT2D eigenvalue weighted by Gasteiger charge is -2.24. The fourth-order valence-corrected chi connectivity index (χ4v) is 2.13. The maximum atomic E-state index is 13.1. The van der Waals surface area contributed by atoms with Gasteiger partial charge in [0.25, 0.3) is 0 Å². The van der Waals surface area contributed by atoms with Gasteiger partial charge in [-0.2, -0.15) is 4.98 Å². The molecule has 2 heterocycles. The number of nitrogens with zero attached hydrogens (tertiary/aromatic N) is 3. The maximum Gasteiger partial charge on any atom is 0.324 e. The quantitative estimate of drug-likeness (QED) is 0.901. The first-order chi connectivity index (χ1) is 9.31. The average molecular weight is 262 g/mol. The second kappa shape index (κ2) is 5.36. The fourth-order valence-electron chi connectivity index (χ4n) is 2.13. The van der Waals surface area contributed by atoms with Crippen molar-refractivity contribution in [1.82, 2.24) is 15.5 Å². The molecular formula is C13H15FN4O. The molecule has 3 rings (SSSR count). The van der Waals surface area contributed by atoms with E-state index in [9.17, 15) is 4.39 Å². The minimum atomic E-state index is -0.247. The van der Waals surface area contributed by atoms with E-state index in [1.165, 1.54) is 12.1 Å². The standard InChI is InChI=1S/C13H15FN4O/c14-11-3-1-2-10(8-11)9-12-16-13(19-17-12)18-6-4-15-5-7-18/h1-3,8,15H,4-7,9H2. The van der Waals surface area contributed by atoms with Gasteiger partial charge in [0.2, 0.25) is 0 Å². The van der Waals surface area contributed by atoms with Crippen LogP contribution in [0.25, 0.3) is 0 Å². The summed E-state index contributed by atoms with van der Waals surface area (Å²) in [4.78, 5) is 6.41. The molecule has 1 aliphatic heterocycles. The van der Waals surface area contributed by atoms with E-state index in [1.807, 2.05) is 6.07 Å². The van der Waals surface area contributed by atoms with Gasteiger partial charge in [-0.1, -0.05) is 17.3 Å². The second-order valence-corrected chi connectivity index (χ2v) is 4.54. The Morgan fingerprint density at radius 1 is 1.32 bits per heavy atom. The molecule has 0 aliphatic carbocycles. The first-order valence-electron chi connectivity index (χ1n) is 6.34. The van der Waals surface area contributed by atoms with Crippen LogP contribution in [0.1, 0.15) is 11.4 Å². The van der Waals surface area contributed by atoms with Gasteiger partial charge in [0.1, 0.15) is 5.82 Å². The molecule has 100 valence electrons. The fraction of sp³-hybridized carbons (Fsp3) is 0.385. The molecule has 5 nitrogen and oxygen atoms in total. The van der Waals surface area contributed by atoms with Crippen LogP contribution in [0, 0.1) is 5.82 Å². The Bertz CT molecular complexity index is 551. The van der Waals surface area contributed by atoms with Gasteiger partial charge in [-0.25, -0.2) is 4.39 Å². The number of aromatic nitrogens is 2. The summed E-state index contributed by atoms with van der Waals surface area (Å²) in [6, 6.07) is 6.99. The van der Waals surface area contributed by atoms with Gasteiger partial charge >= 0.3 is 6.01 Å². The zero-order chi connectivity index (χ0) is 13.1. The SMILES string of the molecule is Fc1cccc(Cc2noc(N3CCNCC3)n2)c1. The molecular weight excluding hydrogens is 247 g/mol. The van der Waals surface area contributed by atoms with Crippen LogP contribution in [0.4, 0.5) is 10.4 Å². The summed E-state index contributed by atoms with van der Waals surface area (Å²) in [5.41, 5.74) is 0.840.